The van der Waals surface area contributed by atoms with Crippen LogP contribution in [0, 0.1) is 11.8 Å². The van der Waals surface area contributed by atoms with Crippen LogP contribution < -0.4 is 5.73 Å². The Hall–Kier alpha value is -1.06. The van der Waals surface area contributed by atoms with Crippen LogP contribution in [0.15, 0.2) is 24.3 Å². The molecule has 0 spiro atoms. The van der Waals surface area contributed by atoms with Gasteiger partial charge in [-0.05, 0) is 42.4 Å². The Morgan fingerprint density at radius 3 is 2.63 bits per heavy atom. The maximum Gasteiger partial charge on any atom is 0.0803 e. The molecule has 19 heavy (non-hydrogen) atoms. The van der Waals surface area contributed by atoms with Gasteiger partial charge in [-0.3, -0.25) is 0 Å². The summed E-state index contributed by atoms with van der Waals surface area (Å²) < 4.78 is 0. The normalized spacial score (nSPS) is 26.3. The van der Waals surface area contributed by atoms with E-state index in [1.54, 1.807) is 0 Å². The lowest BCUT2D eigenvalue weighted by Gasteiger charge is -2.35. The summed E-state index contributed by atoms with van der Waals surface area (Å²) in [6, 6.07) is 7.57. The topological polar surface area (TPSA) is 49.5 Å². The van der Waals surface area contributed by atoms with E-state index in [4.69, 9.17) is 5.73 Å². The van der Waals surface area contributed by atoms with Crippen LogP contribution in [0.4, 0.5) is 5.69 Å². The summed E-state index contributed by atoms with van der Waals surface area (Å²) in [5, 5.41) is 10.2. The fourth-order valence-corrected chi connectivity index (χ4v) is 3.21. The molecule has 1 aliphatic heterocycles. The summed E-state index contributed by atoms with van der Waals surface area (Å²) in [5.41, 5.74) is 7.40. The van der Waals surface area contributed by atoms with Gasteiger partial charge in [-0.25, -0.2) is 0 Å². The van der Waals surface area contributed by atoms with E-state index >= 15 is 0 Å². The van der Waals surface area contributed by atoms with Gasteiger partial charge in [0.15, 0.2) is 0 Å². The van der Waals surface area contributed by atoms with Crippen LogP contribution in [0.1, 0.15) is 38.4 Å². The number of piperidine rings is 1. The van der Waals surface area contributed by atoms with E-state index in [9.17, 15) is 5.11 Å². The van der Waals surface area contributed by atoms with E-state index in [-0.39, 0.29) is 0 Å². The van der Waals surface area contributed by atoms with Crippen molar-refractivity contribution in [1.82, 2.24) is 4.90 Å². The Balaban J connectivity index is 1.84. The molecule has 0 aliphatic carbocycles. The number of benzene rings is 1. The number of aliphatic hydroxyl groups excluding tert-OH is 1. The Morgan fingerprint density at radius 2 is 2.00 bits per heavy atom. The summed E-state index contributed by atoms with van der Waals surface area (Å²) in [4.78, 5) is 2.48. The molecule has 1 saturated heterocycles. The van der Waals surface area contributed by atoms with Crippen molar-refractivity contribution in [3.8, 4) is 0 Å². The maximum atomic E-state index is 10.2. The van der Waals surface area contributed by atoms with Crippen LogP contribution in [0.2, 0.25) is 0 Å². The minimum Gasteiger partial charge on any atom is -0.399 e. The van der Waals surface area contributed by atoms with Gasteiger partial charge in [0.25, 0.3) is 0 Å². The lowest BCUT2D eigenvalue weighted by atomic mass is 9.91. The molecule has 3 nitrogen and oxygen atoms in total. The highest BCUT2D eigenvalue weighted by atomic mass is 16.3. The molecule has 2 rings (SSSR count). The van der Waals surface area contributed by atoms with Crippen LogP contribution >= 0.6 is 0 Å². The minimum absolute atomic E-state index is 0.406. The first-order chi connectivity index (χ1) is 9.04. The summed E-state index contributed by atoms with van der Waals surface area (Å²) >= 11 is 0. The lowest BCUT2D eigenvalue weighted by Crippen LogP contribution is -2.39. The average Bonchev–Trinajstić information content (AvgIpc) is 2.35. The van der Waals surface area contributed by atoms with Gasteiger partial charge in [0, 0.05) is 25.3 Å². The van der Waals surface area contributed by atoms with Crippen LogP contribution in [0.3, 0.4) is 0 Å². The zero-order chi connectivity index (χ0) is 13.8. The second-order valence-corrected chi connectivity index (χ2v) is 6.18. The zero-order valence-electron chi connectivity index (χ0n) is 12.0. The van der Waals surface area contributed by atoms with Crippen molar-refractivity contribution < 1.29 is 5.11 Å². The van der Waals surface area contributed by atoms with E-state index in [0.29, 0.717) is 0 Å². The molecule has 1 aliphatic rings. The smallest absolute Gasteiger partial charge is 0.0803 e. The number of likely N-dealkylation sites (tertiary alicyclic amines) is 1. The van der Waals surface area contributed by atoms with Crippen molar-refractivity contribution in [2.45, 2.75) is 32.8 Å². The molecule has 3 heteroatoms. The molecule has 3 unspecified atom stereocenters. The van der Waals surface area contributed by atoms with Crippen molar-refractivity contribution in [2.24, 2.45) is 11.8 Å². The zero-order valence-corrected chi connectivity index (χ0v) is 12.0. The van der Waals surface area contributed by atoms with E-state index < -0.39 is 6.10 Å². The first-order valence-corrected chi connectivity index (χ1v) is 7.30. The van der Waals surface area contributed by atoms with Crippen LogP contribution in [-0.2, 0) is 0 Å². The third kappa shape index (κ3) is 4.22. The molecular weight excluding hydrogens is 236 g/mol. The third-order valence-corrected chi connectivity index (χ3v) is 3.96. The minimum atomic E-state index is -0.406. The second-order valence-electron chi connectivity index (χ2n) is 6.18. The summed E-state index contributed by atoms with van der Waals surface area (Å²) in [5.74, 6) is 1.54. The van der Waals surface area contributed by atoms with Crippen molar-refractivity contribution in [3.63, 3.8) is 0 Å². The molecule has 3 atom stereocenters. The molecule has 3 N–H and O–H groups in total. The van der Waals surface area contributed by atoms with Crippen LogP contribution in [0.25, 0.3) is 0 Å². The van der Waals surface area contributed by atoms with E-state index in [1.165, 1.54) is 6.42 Å². The van der Waals surface area contributed by atoms with Gasteiger partial charge in [0.05, 0.1) is 6.10 Å². The Morgan fingerprint density at radius 1 is 1.32 bits per heavy atom. The summed E-state index contributed by atoms with van der Waals surface area (Å²) in [7, 11) is 0. The molecule has 1 aromatic rings. The van der Waals surface area contributed by atoms with Crippen molar-refractivity contribution >= 4 is 5.69 Å². The summed E-state index contributed by atoms with van der Waals surface area (Å²) in [6.07, 6.45) is 1.70. The van der Waals surface area contributed by atoms with E-state index in [2.05, 4.69) is 18.7 Å². The molecule has 1 aromatic carbocycles. The summed E-state index contributed by atoms with van der Waals surface area (Å²) in [6.45, 7) is 7.92. The fraction of sp³-hybridized carbons (Fsp3) is 0.625. The second kappa shape index (κ2) is 6.40. The van der Waals surface area contributed by atoms with Gasteiger partial charge in [0.2, 0.25) is 0 Å². The number of anilines is 1. The number of hydrogen-bond donors (Lipinski definition) is 2. The predicted octanol–water partition coefficient (Wildman–Crippen LogP) is 2.67. The maximum absolute atomic E-state index is 10.2. The number of rotatable bonds is 4. The van der Waals surface area contributed by atoms with Gasteiger partial charge < -0.3 is 15.7 Å². The van der Waals surface area contributed by atoms with Gasteiger partial charge in [-0.2, -0.15) is 0 Å². The molecule has 1 heterocycles. The predicted molar refractivity (Wildman–Crippen MR) is 79.8 cm³/mol. The SMILES string of the molecule is CC1CC(C)CN(CCC(O)c2cccc(N)c2)C1. The monoisotopic (exact) mass is 262 g/mol. The highest BCUT2D eigenvalue weighted by Crippen LogP contribution is 2.23. The van der Waals surface area contributed by atoms with Gasteiger partial charge >= 0.3 is 0 Å². The number of nitrogens with two attached hydrogens (primary N) is 1. The van der Waals surface area contributed by atoms with E-state index in [1.807, 2.05) is 24.3 Å². The molecule has 0 saturated carbocycles. The quantitative estimate of drug-likeness (QED) is 0.820. The first-order valence-electron chi connectivity index (χ1n) is 7.30. The number of nitrogens with zero attached hydrogens (tertiary/aromatic N) is 1. The van der Waals surface area contributed by atoms with Gasteiger partial charge in [0.1, 0.15) is 0 Å². The number of hydrogen-bond acceptors (Lipinski definition) is 3. The van der Waals surface area contributed by atoms with E-state index in [0.717, 1.165) is 49.1 Å². The lowest BCUT2D eigenvalue weighted by molar-refractivity contribution is 0.103. The molecule has 1 fully saturated rings. The Labute approximate surface area is 116 Å². The van der Waals surface area contributed by atoms with Crippen molar-refractivity contribution in [3.05, 3.63) is 29.8 Å². The largest absolute Gasteiger partial charge is 0.399 e. The highest BCUT2D eigenvalue weighted by Gasteiger charge is 2.22. The van der Waals surface area contributed by atoms with Crippen LogP contribution in [-0.4, -0.2) is 29.6 Å². The average molecular weight is 262 g/mol. The first kappa shape index (κ1) is 14.4. The van der Waals surface area contributed by atoms with Gasteiger partial charge in [-0.15, -0.1) is 0 Å². The Bertz CT molecular complexity index is 397. The van der Waals surface area contributed by atoms with Crippen molar-refractivity contribution in [1.29, 1.82) is 0 Å². The highest BCUT2D eigenvalue weighted by molar-refractivity contribution is 5.41. The number of aliphatic hydroxyl groups is 1. The molecule has 0 aromatic heterocycles. The molecular formula is C16H26N2O. The number of nitrogen functional groups attached to an aromatic ring is 1. The van der Waals surface area contributed by atoms with Crippen molar-refractivity contribution in [2.75, 3.05) is 25.4 Å². The Kier molecular flexibility index (Phi) is 4.83. The molecule has 0 bridgehead atoms. The molecule has 0 radical (unpaired) electrons. The van der Waals surface area contributed by atoms with Gasteiger partial charge in [-0.1, -0.05) is 26.0 Å². The molecule has 0 amide bonds. The van der Waals surface area contributed by atoms with Crippen LogP contribution in [0.5, 0.6) is 0 Å². The molecule has 106 valence electrons. The third-order valence-electron chi connectivity index (χ3n) is 3.96. The fourth-order valence-electron chi connectivity index (χ4n) is 3.21. The standard InChI is InChI=1S/C16H26N2O/c1-12-8-13(2)11-18(10-12)7-6-16(19)14-4-3-5-15(17)9-14/h3-5,9,12-13,16,19H,6-8,10-11,17H2,1-2H3.